The Labute approximate surface area is 113 Å². The van der Waals surface area contributed by atoms with Crippen molar-refractivity contribution in [3.05, 3.63) is 41.3 Å². The minimum atomic E-state index is 0.575. The maximum Gasteiger partial charge on any atom is 0.224 e. The Hall–Kier alpha value is -1.90. The van der Waals surface area contributed by atoms with E-state index in [1.807, 2.05) is 0 Å². The smallest absolute Gasteiger partial charge is 0.224 e. The van der Waals surface area contributed by atoms with Crippen LogP contribution < -0.4 is 4.74 Å². The van der Waals surface area contributed by atoms with Crippen LogP contribution in [0.2, 0.25) is 0 Å². The molecule has 1 aromatic heterocycles. The largest absolute Gasteiger partial charge is 0.480 e. The molecule has 2 aromatic rings. The summed E-state index contributed by atoms with van der Waals surface area (Å²) in [5.74, 6) is 1.26. The molecule has 0 N–H and O–H groups in total. The summed E-state index contributed by atoms with van der Waals surface area (Å²) in [6, 6.07) is 6.35. The number of rotatable bonds is 3. The Balaban J connectivity index is 2.28. The van der Waals surface area contributed by atoms with Crippen LogP contribution in [-0.2, 0) is 0 Å². The van der Waals surface area contributed by atoms with E-state index in [0.717, 1.165) is 11.3 Å². The molecule has 0 atom stereocenters. The maximum absolute atomic E-state index is 5.48. The molecule has 0 saturated heterocycles. The predicted molar refractivity (Wildman–Crippen MR) is 75.5 cm³/mol. The molecule has 0 aliphatic heterocycles. The van der Waals surface area contributed by atoms with Crippen LogP contribution in [-0.4, -0.2) is 17.1 Å². The second-order valence-electron chi connectivity index (χ2n) is 5.18. The quantitative estimate of drug-likeness (QED) is 0.838. The van der Waals surface area contributed by atoms with Crippen molar-refractivity contribution in [3.8, 4) is 17.0 Å². The first-order valence-electron chi connectivity index (χ1n) is 6.68. The lowest BCUT2D eigenvalue weighted by Crippen LogP contribution is -2.01. The van der Waals surface area contributed by atoms with Crippen LogP contribution in [0.3, 0.4) is 0 Å². The number of hydrogen-bond donors (Lipinski definition) is 0. The van der Waals surface area contributed by atoms with Crippen molar-refractivity contribution in [2.75, 3.05) is 7.11 Å². The minimum Gasteiger partial charge on any atom is -0.480 e. The van der Waals surface area contributed by atoms with E-state index in [2.05, 4.69) is 42.0 Å². The lowest BCUT2D eigenvalue weighted by Gasteiger charge is -2.16. The number of benzene rings is 1. The summed E-state index contributed by atoms with van der Waals surface area (Å²) < 4.78 is 5.48. The average molecular weight is 254 g/mol. The van der Waals surface area contributed by atoms with Gasteiger partial charge >= 0.3 is 0 Å². The second-order valence-corrected chi connectivity index (χ2v) is 5.18. The van der Waals surface area contributed by atoms with Gasteiger partial charge in [0.1, 0.15) is 6.33 Å². The molecule has 0 amide bonds. The van der Waals surface area contributed by atoms with Crippen molar-refractivity contribution in [1.82, 2.24) is 9.97 Å². The summed E-state index contributed by atoms with van der Waals surface area (Å²) in [6.07, 6.45) is 4.06. The number of hydrogen-bond acceptors (Lipinski definition) is 3. The Bertz CT molecular complexity index is 598. The molecule has 1 aromatic carbocycles. The highest BCUT2D eigenvalue weighted by Crippen LogP contribution is 2.46. The van der Waals surface area contributed by atoms with Crippen LogP contribution in [0.5, 0.6) is 5.88 Å². The fourth-order valence-corrected chi connectivity index (χ4v) is 2.65. The van der Waals surface area contributed by atoms with Crippen LogP contribution in [0.25, 0.3) is 11.1 Å². The molecule has 1 heterocycles. The Morgan fingerprint density at radius 2 is 1.74 bits per heavy atom. The van der Waals surface area contributed by atoms with Gasteiger partial charge in [0, 0.05) is 5.92 Å². The lowest BCUT2D eigenvalue weighted by molar-refractivity contribution is 0.398. The molecule has 0 radical (unpaired) electrons. The van der Waals surface area contributed by atoms with Gasteiger partial charge in [-0.3, -0.25) is 0 Å². The highest BCUT2D eigenvalue weighted by molar-refractivity contribution is 5.77. The summed E-state index contributed by atoms with van der Waals surface area (Å²) >= 11 is 0. The predicted octanol–water partition coefficient (Wildman–Crippen LogP) is 3.65. The van der Waals surface area contributed by atoms with Gasteiger partial charge in [-0.1, -0.05) is 18.2 Å². The Kier molecular flexibility index (Phi) is 2.97. The molecule has 1 saturated carbocycles. The van der Waals surface area contributed by atoms with Gasteiger partial charge in [0.25, 0.3) is 0 Å². The zero-order chi connectivity index (χ0) is 13.4. The summed E-state index contributed by atoms with van der Waals surface area (Å²) in [7, 11) is 1.68. The van der Waals surface area contributed by atoms with Gasteiger partial charge in [-0.15, -0.1) is 0 Å². The second kappa shape index (κ2) is 4.65. The van der Waals surface area contributed by atoms with Gasteiger partial charge < -0.3 is 4.74 Å². The van der Waals surface area contributed by atoms with E-state index in [9.17, 15) is 0 Å². The van der Waals surface area contributed by atoms with Crippen molar-refractivity contribution in [2.45, 2.75) is 32.6 Å². The third-order valence-corrected chi connectivity index (χ3v) is 3.73. The van der Waals surface area contributed by atoms with Gasteiger partial charge in [0.15, 0.2) is 0 Å². The van der Waals surface area contributed by atoms with Crippen LogP contribution in [0.4, 0.5) is 0 Å². The molecule has 1 aliphatic carbocycles. The fourth-order valence-electron chi connectivity index (χ4n) is 2.65. The van der Waals surface area contributed by atoms with E-state index >= 15 is 0 Å². The summed E-state index contributed by atoms with van der Waals surface area (Å²) in [5.41, 5.74) is 5.94. The van der Waals surface area contributed by atoms with E-state index in [-0.39, 0.29) is 0 Å². The normalized spacial score (nSPS) is 14.5. The van der Waals surface area contributed by atoms with Gasteiger partial charge in [0.2, 0.25) is 5.88 Å². The Morgan fingerprint density at radius 3 is 2.32 bits per heavy atom. The first-order chi connectivity index (χ1) is 9.22. The molecule has 0 bridgehead atoms. The molecular formula is C16H18N2O. The zero-order valence-corrected chi connectivity index (χ0v) is 11.6. The molecule has 98 valence electrons. The highest BCUT2D eigenvalue weighted by Gasteiger charge is 2.31. The van der Waals surface area contributed by atoms with E-state index in [1.165, 1.54) is 29.5 Å². The number of nitrogens with zero attached hydrogens (tertiary/aromatic N) is 2. The average Bonchev–Trinajstić information content (AvgIpc) is 3.23. The van der Waals surface area contributed by atoms with Gasteiger partial charge in [-0.25, -0.2) is 9.97 Å². The molecule has 19 heavy (non-hydrogen) atoms. The SMILES string of the molecule is COc1ncnc(C2CC2)c1-c1c(C)cccc1C. The summed E-state index contributed by atoms with van der Waals surface area (Å²) in [6.45, 7) is 4.26. The van der Waals surface area contributed by atoms with Crippen molar-refractivity contribution >= 4 is 0 Å². The fraction of sp³-hybridized carbons (Fsp3) is 0.375. The highest BCUT2D eigenvalue weighted by atomic mass is 16.5. The minimum absolute atomic E-state index is 0.575. The molecule has 0 spiro atoms. The van der Waals surface area contributed by atoms with Crippen molar-refractivity contribution in [3.63, 3.8) is 0 Å². The molecule has 3 nitrogen and oxygen atoms in total. The zero-order valence-electron chi connectivity index (χ0n) is 11.6. The van der Waals surface area contributed by atoms with E-state index in [1.54, 1.807) is 13.4 Å². The van der Waals surface area contributed by atoms with Crippen LogP contribution >= 0.6 is 0 Å². The molecule has 3 rings (SSSR count). The molecule has 1 fully saturated rings. The third-order valence-electron chi connectivity index (χ3n) is 3.73. The Morgan fingerprint density at radius 1 is 1.05 bits per heavy atom. The number of methoxy groups -OCH3 is 1. The van der Waals surface area contributed by atoms with Gasteiger partial charge in [0.05, 0.1) is 18.4 Å². The van der Waals surface area contributed by atoms with E-state index < -0.39 is 0 Å². The summed E-state index contributed by atoms with van der Waals surface area (Å²) in [5, 5.41) is 0. The van der Waals surface area contributed by atoms with Crippen molar-refractivity contribution < 1.29 is 4.74 Å². The molecular weight excluding hydrogens is 236 g/mol. The topological polar surface area (TPSA) is 35.0 Å². The van der Waals surface area contributed by atoms with E-state index in [4.69, 9.17) is 4.74 Å². The first kappa shape index (κ1) is 12.2. The van der Waals surface area contributed by atoms with Crippen LogP contribution in [0, 0.1) is 13.8 Å². The molecule has 1 aliphatic rings. The lowest BCUT2D eigenvalue weighted by atomic mass is 9.94. The monoisotopic (exact) mass is 254 g/mol. The van der Waals surface area contributed by atoms with Gasteiger partial charge in [-0.05, 0) is 43.4 Å². The number of aromatic nitrogens is 2. The van der Waals surface area contributed by atoms with Crippen LogP contribution in [0.15, 0.2) is 24.5 Å². The maximum atomic E-state index is 5.48. The first-order valence-corrected chi connectivity index (χ1v) is 6.68. The third kappa shape index (κ3) is 2.09. The van der Waals surface area contributed by atoms with Crippen molar-refractivity contribution in [2.24, 2.45) is 0 Å². The molecule has 3 heteroatoms. The van der Waals surface area contributed by atoms with Crippen molar-refractivity contribution in [1.29, 1.82) is 0 Å². The van der Waals surface area contributed by atoms with Gasteiger partial charge in [-0.2, -0.15) is 0 Å². The summed E-state index contributed by atoms with van der Waals surface area (Å²) in [4.78, 5) is 8.81. The standard InChI is InChI=1S/C16H18N2O/c1-10-5-4-6-11(2)13(10)14-15(12-7-8-12)17-9-18-16(14)19-3/h4-6,9,12H,7-8H2,1-3H3. The number of ether oxygens (including phenoxy) is 1. The van der Waals surface area contributed by atoms with E-state index in [0.29, 0.717) is 11.8 Å². The molecule has 0 unspecified atom stereocenters. The van der Waals surface area contributed by atoms with Crippen LogP contribution in [0.1, 0.15) is 35.6 Å². The number of aryl methyl sites for hydroxylation is 2.